The maximum atomic E-state index is 14.7. The molecule has 0 saturated carbocycles. The lowest BCUT2D eigenvalue weighted by Crippen LogP contribution is -2.45. The second-order valence-corrected chi connectivity index (χ2v) is 7.40. The van der Waals surface area contributed by atoms with Crippen molar-refractivity contribution in [3.05, 3.63) is 24.0 Å². The van der Waals surface area contributed by atoms with E-state index in [-0.39, 0.29) is 12.0 Å². The zero-order chi connectivity index (χ0) is 19.5. The molecule has 2 amide bonds. The third-order valence-electron chi connectivity index (χ3n) is 5.56. The summed E-state index contributed by atoms with van der Waals surface area (Å²) in [5.41, 5.74) is 1.02. The minimum absolute atomic E-state index is 0.0130. The lowest BCUT2D eigenvalue weighted by Gasteiger charge is -2.30. The minimum atomic E-state index is -0.510. The molecule has 9 heteroatoms. The second kappa shape index (κ2) is 8.32. The topological polar surface area (TPSA) is 77.2 Å². The number of carbonyl (C=O) groups excluding carboxylic acids is 2. The molecule has 1 aromatic rings. The minimum Gasteiger partial charge on any atom is -0.442 e. The molecule has 1 aromatic carbocycles. The fraction of sp³-hybridized carbons (Fsp3) is 0.579. The van der Waals surface area contributed by atoms with Gasteiger partial charge in [0.15, 0.2) is 0 Å². The quantitative estimate of drug-likeness (QED) is 0.697. The van der Waals surface area contributed by atoms with Crippen molar-refractivity contribution < 1.29 is 18.7 Å². The molecule has 3 saturated heterocycles. The lowest BCUT2D eigenvalue weighted by molar-refractivity contribution is -0.121. The molecule has 4 rings (SSSR count). The van der Waals surface area contributed by atoms with Crippen LogP contribution >= 0.6 is 0 Å². The van der Waals surface area contributed by atoms with Crippen molar-refractivity contribution >= 4 is 23.9 Å². The first kappa shape index (κ1) is 18.9. The van der Waals surface area contributed by atoms with Crippen LogP contribution in [0.3, 0.4) is 0 Å². The van der Waals surface area contributed by atoms with Gasteiger partial charge in [-0.25, -0.2) is 9.18 Å². The van der Waals surface area contributed by atoms with Crippen LogP contribution in [0.4, 0.5) is 20.6 Å². The molecule has 2 atom stereocenters. The number of nitrogens with zero attached hydrogens (tertiary/aromatic N) is 3. The maximum Gasteiger partial charge on any atom is 0.414 e. The molecule has 0 bridgehead atoms. The van der Waals surface area contributed by atoms with Crippen molar-refractivity contribution in [3.8, 4) is 0 Å². The average Bonchev–Trinajstić information content (AvgIpc) is 3.36. The van der Waals surface area contributed by atoms with Crippen LogP contribution in [0, 0.1) is 5.82 Å². The fourth-order valence-corrected chi connectivity index (χ4v) is 4.08. The summed E-state index contributed by atoms with van der Waals surface area (Å²) in [6.07, 6.45) is 1.75. The van der Waals surface area contributed by atoms with E-state index in [9.17, 15) is 14.0 Å². The van der Waals surface area contributed by atoms with Gasteiger partial charge in [-0.15, -0.1) is 0 Å². The monoisotopic (exact) mass is 391 g/mol. The van der Waals surface area contributed by atoms with E-state index < -0.39 is 12.2 Å². The molecule has 2 N–H and O–H groups in total. The van der Waals surface area contributed by atoms with Crippen molar-refractivity contribution in [1.29, 1.82) is 0 Å². The summed E-state index contributed by atoms with van der Waals surface area (Å²) in [5.74, 6) is -0.347. The zero-order valence-electron chi connectivity index (χ0n) is 15.8. The van der Waals surface area contributed by atoms with E-state index in [2.05, 4.69) is 10.6 Å². The van der Waals surface area contributed by atoms with Crippen LogP contribution < -0.4 is 20.4 Å². The number of amides is 2. The highest BCUT2D eigenvalue weighted by Crippen LogP contribution is 2.28. The van der Waals surface area contributed by atoms with Gasteiger partial charge in [-0.3, -0.25) is 15.0 Å². The lowest BCUT2D eigenvalue weighted by atomic mass is 10.2. The predicted octanol–water partition coefficient (Wildman–Crippen LogP) is 0.728. The van der Waals surface area contributed by atoms with E-state index >= 15 is 0 Å². The van der Waals surface area contributed by atoms with Crippen LogP contribution in [0.1, 0.15) is 12.8 Å². The second-order valence-electron chi connectivity index (χ2n) is 7.40. The highest BCUT2D eigenvalue weighted by Gasteiger charge is 2.35. The molecular formula is C19H26FN5O3. The summed E-state index contributed by atoms with van der Waals surface area (Å²) in [5, 5.41) is 6.51. The molecule has 1 unspecified atom stereocenters. The molecule has 0 radical (unpaired) electrons. The van der Waals surface area contributed by atoms with Crippen LogP contribution in [0.15, 0.2) is 18.2 Å². The molecule has 3 heterocycles. The van der Waals surface area contributed by atoms with E-state index in [1.54, 1.807) is 17.0 Å². The molecule has 0 aromatic heterocycles. The SMILES string of the molecule is O=CN(CC1CN(c2ccc(N3CCNCC3)c(F)c2)C(=O)O1)[C@H]1CCCN1. The molecule has 3 fully saturated rings. The van der Waals surface area contributed by atoms with Crippen molar-refractivity contribution in [2.24, 2.45) is 0 Å². The smallest absolute Gasteiger partial charge is 0.414 e. The molecule has 3 aliphatic rings. The zero-order valence-corrected chi connectivity index (χ0v) is 15.8. The van der Waals surface area contributed by atoms with E-state index in [1.165, 1.54) is 11.0 Å². The Balaban J connectivity index is 1.42. The predicted molar refractivity (Wildman–Crippen MR) is 103 cm³/mol. The number of halogens is 1. The number of carbonyl (C=O) groups is 2. The van der Waals surface area contributed by atoms with Gasteiger partial charge in [0.05, 0.1) is 30.6 Å². The van der Waals surface area contributed by atoms with Gasteiger partial charge in [0.2, 0.25) is 6.41 Å². The Hall–Kier alpha value is -2.39. The third-order valence-corrected chi connectivity index (χ3v) is 5.56. The van der Waals surface area contributed by atoms with E-state index in [4.69, 9.17) is 4.74 Å². The van der Waals surface area contributed by atoms with Crippen molar-refractivity contribution in [3.63, 3.8) is 0 Å². The number of ether oxygens (including phenoxy) is 1. The fourth-order valence-electron chi connectivity index (χ4n) is 4.08. The molecule has 0 aliphatic carbocycles. The summed E-state index contributed by atoms with van der Waals surface area (Å²) in [4.78, 5) is 28.8. The highest BCUT2D eigenvalue weighted by atomic mass is 19.1. The molecule has 28 heavy (non-hydrogen) atoms. The Morgan fingerprint density at radius 3 is 2.79 bits per heavy atom. The third kappa shape index (κ3) is 3.90. The number of cyclic esters (lactones) is 1. The van der Waals surface area contributed by atoms with E-state index in [1.807, 2.05) is 4.90 Å². The molecule has 8 nitrogen and oxygen atoms in total. The van der Waals surface area contributed by atoms with Gasteiger partial charge in [-0.1, -0.05) is 0 Å². The standard InChI is InChI=1S/C19H26FN5O3/c20-16-10-14(3-4-17(16)23-8-6-21-7-9-23)25-12-15(28-19(25)27)11-24(13-26)18-2-1-5-22-18/h3-4,10,13,15,18,21-22H,1-2,5-9,11-12H2/t15?,18-/m0/s1. The molecule has 0 spiro atoms. The van der Waals surface area contributed by atoms with Crippen LogP contribution in [-0.2, 0) is 9.53 Å². The Morgan fingerprint density at radius 2 is 2.11 bits per heavy atom. The number of hydrogen-bond acceptors (Lipinski definition) is 6. The first-order valence-electron chi connectivity index (χ1n) is 9.83. The van der Waals surface area contributed by atoms with Crippen LogP contribution in [0.2, 0.25) is 0 Å². The molecule has 3 aliphatic heterocycles. The van der Waals surface area contributed by atoms with Gasteiger partial charge >= 0.3 is 6.09 Å². The van der Waals surface area contributed by atoms with Crippen LogP contribution in [-0.4, -0.2) is 75.5 Å². The number of piperazine rings is 1. The number of hydrogen-bond donors (Lipinski definition) is 2. The Kier molecular flexibility index (Phi) is 5.63. The summed E-state index contributed by atoms with van der Waals surface area (Å²) in [7, 11) is 0. The van der Waals surface area contributed by atoms with Gasteiger partial charge in [-0.05, 0) is 37.6 Å². The molecular weight excluding hydrogens is 365 g/mol. The number of rotatable bonds is 6. The normalized spacial score (nSPS) is 25.1. The first-order chi connectivity index (χ1) is 13.7. The summed E-state index contributed by atoms with van der Waals surface area (Å²) in [6.45, 7) is 4.65. The largest absolute Gasteiger partial charge is 0.442 e. The van der Waals surface area contributed by atoms with Gasteiger partial charge in [0.25, 0.3) is 0 Å². The highest BCUT2D eigenvalue weighted by molar-refractivity contribution is 5.90. The van der Waals surface area contributed by atoms with Crippen molar-refractivity contribution in [1.82, 2.24) is 15.5 Å². The summed E-state index contributed by atoms with van der Waals surface area (Å²) < 4.78 is 20.1. The van der Waals surface area contributed by atoms with Gasteiger partial charge in [0, 0.05) is 26.2 Å². The number of benzene rings is 1. The Bertz CT molecular complexity index is 722. The van der Waals surface area contributed by atoms with Crippen LogP contribution in [0.5, 0.6) is 0 Å². The Labute approximate surface area is 163 Å². The van der Waals surface area contributed by atoms with Crippen molar-refractivity contribution in [2.75, 3.05) is 55.6 Å². The number of nitrogens with one attached hydrogen (secondary N) is 2. The Morgan fingerprint density at radius 1 is 1.29 bits per heavy atom. The van der Waals surface area contributed by atoms with Gasteiger partial charge < -0.3 is 19.9 Å². The van der Waals surface area contributed by atoms with Crippen molar-refractivity contribution in [2.45, 2.75) is 25.1 Å². The first-order valence-corrected chi connectivity index (χ1v) is 9.83. The molecule has 152 valence electrons. The van der Waals surface area contributed by atoms with E-state index in [0.717, 1.165) is 52.0 Å². The summed E-state index contributed by atoms with van der Waals surface area (Å²) in [6, 6.07) is 4.86. The van der Waals surface area contributed by atoms with Gasteiger partial charge in [0.1, 0.15) is 11.9 Å². The summed E-state index contributed by atoms with van der Waals surface area (Å²) >= 11 is 0. The van der Waals surface area contributed by atoms with E-state index in [0.29, 0.717) is 24.5 Å². The average molecular weight is 391 g/mol. The number of anilines is 2. The maximum absolute atomic E-state index is 14.7. The van der Waals surface area contributed by atoms with Gasteiger partial charge in [-0.2, -0.15) is 0 Å². The van der Waals surface area contributed by atoms with Crippen LogP contribution in [0.25, 0.3) is 0 Å².